The molecule has 3 rings (SSSR count). The van der Waals surface area contributed by atoms with Gasteiger partial charge in [0.1, 0.15) is 5.60 Å². The van der Waals surface area contributed by atoms with Crippen LogP contribution in [0.25, 0.3) is 0 Å². The summed E-state index contributed by atoms with van der Waals surface area (Å²) in [6.07, 6.45) is 2.01. The fourth-order valence-corrected chi connectivity index (χ4v) is 3.85. The molecule has 1 aliphatic carbocycles. The highest BCUT2D eigenvalue weighted by Crippen LogP contribution is 2.45. The van der Waals surface area contributed by atoms with Crippen LogP contribution in [0.2, 0.25) is 0 Å². The van der Waals surface area contributed by atoms with Gasteiger partial charge in [-0.25, -0.2) is 0 Å². The molecule has 1 heterocycles. The first-order valence-electron chi connectivity index (χ1n) is 6.90. The molecule has 2 N–H and O–H groups in total. The van der Waals surface area contributed by atoms with Gasteiger partial charge >= 0.3 is 0 Å². The van der Waals surface area contributed by atoms with Crippen LogP contribution in [0.5, 0.6) is 0 Å². The van der Waals surface area contributed by atoms with Crippen molar-refractivity contribution in [2.45, 2.75) is 18.4 Å². The largest absolute Gasteiger partial charge is 0.383 e. The predicted molar refractivity (Wildman–Crippen MR) is 87.4 cm³/mol. The second-order valence-electron chi connectivity index (χ2n) is 5.38. The van der Waals surface area contributed by atoms with E-state index in [1.165, 1.54) is 11.3 Å². The second-order valence-corrected chi connectivity index (χ2v) is 7.20. The summed E-state index contributed by atoms with van der Waals surface area (Å²) in [7, 11) is 0. The van der Waals surface area contributed by atoms with Crippen LogP contribution in [0, 0.1) is 5.92 Å². The number of rotatable bonds is 5. The molecule has 1 amide bonds. The molecule has 1 aliphatic rings. The third kappa shape index (κ3) is 3.20. The number of thiophene rings is 1. The average molecular weight is 366 g/mol. The molecule has 110 valence electrons. The van der Waals surface area contributed by atoms with Crippen molar-refractivity contribution in [1.82, 2.24) is 5.32 Å². The molecule has 0 saturated heterocycles. The molecule has 21 heavy (non-hydrogen) atoms. The lowest BCUT2D eigenvalue weighted by atomic mass is 9.88. The number of nitrogens with one attached hydrogen (secondary N) is 1. The molecule has 1 aromatic heterocycles. The predicted octanol–water partition coefficient (Wildman–Crippen LogP) is 3.54. The standard InChI is InChI=1S/C16H16BrNO2S/c17-13-8-14(21-9-13)15(19)18-10-16(20,12-6-7-12)11-4-2-1-3-5-11/h1-5,8-9,12,20H,6-7,10H2,(H,18,19)/t16-/m1/s1. The lowest BCUT2D eigenvalue weighted by molar-refractivity contribution is 0.0135. The van der Waals surface area contributed by atoms with E-state index < -0.39 is 5.60 Å². The Morgan fingerprint density at radius 3 is 2.67 bits per heavy atom. The van der Waals surface area contributed by atoms with Crippen molar-refractivity contribution < 1.29 is 9.90 Å². The van der Waals surface area contributed by atoms with E-state index in [4.69, 9.17) is 0 Å². The molecule has 0 bridgehead atoms. The average Bonchev–Trinajstić information content (AvgIpc) is 3.28. The summed E-state index contributed by atoms with van der Waals surface area (Å²) in [5.74, 6) is 0.0935. The van der Waals surface area contributed by atoms with Crippen molar-refractivity contribution in [3.63, 3.8) is 0 Å². The van der Waals surface area contributed by atoms with E-state index in [1.54, 1.807) is 6.07 Å². The van der Waals surface area contributed by atoms with Crippen molar-refractivity contribution in [2.75, 3.05) is 6.54 Å². The maximum Gasteiger partial charge on any atom is 0.261 e. The number of amides is 1. The Morgan fingerprint density at radius 2 is 2.10 bits per heavy atom. The van der Waals surface area contributed by atoms with Gasteiger partial charge in [-0.3, -0.25) is 4.79 Å². The quantitative estimate of drug-likeness (QED) is 0.851. The monoisotopic (exact) mass is 365 g/mol. The number of aliphatic hydroxyl groups is 1. The minimum absolute atomic E-state index is 0.138. The summed E-state index contributed by atoms with van der Waals surface area (Å²) >= 11 is 4.73. The lowest BCUT2D eigenvalue weighted by Gasteiger charge is -2.29. The molecular weight excluding hydrogens is 350 g/mol. The van der Waals surface area contributed by atoms with Gasteiger partial charge in [-0.05, 0) is 46.3 Å². The van der Waals surface area contributed by atoms with Crippen LogP contribution in [-0.2, 0) is 5.60 Å². The SMILES string of the molecule is O=C(NC[C@@](O)(c1ccccc1)C1CC1)c1cc(Br)cs1. The van der Waals surface area contributed by atoms with Crippen LogP contribution in [0.15, 0.2) is 46.3 Å². The second kappa shape index (κ2) is 5.91. The first-order chi connectivity index (χ1) is 10.1. The Kier molecular flexibility index (Phi) is 4.15. The van der Waals surface area contributed by atoms with E-state index in [2.05, 4.69) is 21.2 Å². The van der Waals surface area contributed by atoms with E-state index in [9.17, 15) is 9.90 Å². The fraction of sp³-hybridized carbons (Fsp3) is 0.312. The summed E-state index contributed by atoms with van der Waals surface area (Å²) in [5, 5.41) is 15.8. The topological polar surface area (TPSA) is 49.3 Å². The third-order valence-corrected chi connectivity index (χ3v) is 5.53. The summed E-state index contributed by atoms with van der Waals surface area (Å²) in [6, 6.07) is 11.4. The Hall–Kier alpha value is -1.17. The third-order valence-electron chi connectivity index (χ3n) is 3.84. The number of hydrogen-bond acceptors (Lipinski definition) is 3. The molecule has 0 radical (unpaired) electrons. The minimum atomic E-state index is -0.967. The fourth-order valence-electron chi connectivity index (χ4n) is 2.50. The Labute approximate surface area is 136 Å². The number of carbonyl (C=O) groups is 1. The summed E-state index contributed by atoms with van der Waals surface area (Å²) in [4.78, 5) is 12.8. The van der Waals surface area contributed by atoms with Gasteiger partial charge in [0, 0.05) is 9.85 Å². The first-order valence-corrected chi connectivity index (χ1v) is 8.57. The first kappa shape index (κ1) is 14.8. The maximum absolute atomic E-state index is 12.1. The molecule has 0 unspecified atom stereocenters. The van der Waals surface area contributed by atoms with E-state index in [1.807, 2.05) is 35.7 Å². The Morgan fingerprint density at radius 1 is 1.38 bits per heavy atom. The summed E-state index contributed by atoms with van der Waals surface area (Å²) in [5.41, 5.74) is -0.0917. The zero-order chi connectivity index (χ0) is 14.9. The molecule has 1 fully saturated rings. The van der Waals surface area contributed by atoms with Crippen molar-refractivity contribution in [3.8, 4) is 0 Å². The molecule has 3 nitrogen and oxygen atoms in total. The minimum Gasteiger partial charge on any atom is -0.383 e. The molecule has 1 saturated carbocycles. The van der Waals surface area contributed by atoms with Crippen molar-refractivity contribution in [2.24, 2.45) is 5.92 Å². The number of benzene rings is 1. The van der Waals surface area contributed by atoms with Crippen LogP contribution in [0.1, 0.15) is 28.1 Å². The van der Waals surface area contributed by atoms with Gasteiger partial charge in [0.05, 0.1) is 11.4 Å². The van der Waals surface area contributed by atoms with Gasteiger partial charge in [0.25, 0.3) is 5.91 Å². The molecular formula is C16H16BrNO2S. The normalized spacial score (nSPS) is 17.2. The Balaban J connectivity index is 1.73. The van der Waals surface area contributed by atoms with Crippen molar-refractivity contribution in [3.05, 3.63) is 56.7 Å². The van der Waals surface area contributed by atoms with Crippen LogP contribution in [0.4, 0.5) is 0 Å². The summed E-state index contributed by atoms with van der Waals surface area (Å²) in [6.45, 7) is 0.246. The summed E-state index contributed by atoms with van der Waals surface area (Å²) < 4.78 is 0.901. The van der Waals surface area contributed by atoms with Crippen LogP contribution >= 0.6 is 27.3 Å². The van der Waals surface area contributed by atoms with Crippen LogP contribution in [0.3, 0.4) is 0 Å². The molecule has 1 atom stereocenters. The van der Waals surface area contributed by atoms with E-state index in [-0.39, 0.29) is 18.4 Å². The molecule has 0 spiro atoms. The number of halogens is 1. The Bertz CT molecular complexity index is 639. The molecule has 0 aliphatic heterocycles. The number of carbonyl (C=O) groups excluding carboxylic acids is 1. The number of hydrogen-bond donors (Lipinski definition) is 2. The maximum atomic E-state index is 12.1. The van der Waals surface area contributed by atoms with Gasteiger partial charge in [-0.1, -0.05) is 30.3 Å². The highest BCUT2D eigenvalue weighted by atomic mass is 79.9. The lowest BCUT2D eigenvalue weighted by Crippen LogP contribution is -2.42. The molecule has 1 aromatic carbocycles. The molecule has 5 heteroatoms. The van der Waals surface area contributed by atoms with E-state index in [0.717, 1.165) is 22.9 Å². The zero-order valence-corrected chi connectivity index (χ0v) is 13.8. The van der Waals surface area contributed by atoms with Gasteiger partial charge < -0.3 is 10.4 Å². The van der Waals surface area contributed by atoms with Gasteiger partial charge in [0.15, 0.2) is 0 Å². The van der Waals surface area contributed by atoms with Crippen molar-refractivity contribution >= 4 is 33.2 Å². The van der Waals surface area contributed by atoms with Gasteiger partial charge in [-0.15, -0.1) is 11.3 Å². The zero-order valence-electron chi connectivity index (χ0n) is 11.4. The highest BCUT2D eigenvalue weighted by molar-refractivity contribution is 9.10. The highest BCUT2D eigenvalue weighted by Gasteiger charge is 2.45. The van der Waals surface area contributed by atoms with E-state index in [0.29, 0.717) is 4.88 Å². The van der Waals surface area contributed by atoms with Crippen LogP contribution < -0.4 is 5.32 Å². The molecule has 2 aromatic rings. The van der Waals surface area contributed by atoms with E-state index >= 15 is 0 Å². The smallest absolute Gasteiger partial charge is 0.261 e. The van der Waals surface area contributed by atoms with Crippen molar-refractivity contribution in [1.29, 1.82) is 0 Å². The van der Waals surface area contributed by atoms with Gasteiger partial charge in [-0.2, -0.15) is 0 Å². The van der Waals surface area contributed by atoms with Crippen LogP contribution in [-0.4, -0.2) is 17.6 Å². The van der Waals surface area contributed by atoms with Gasteiger partial charge in [0.2, 0.25) is 0 Å².